The lowest BCUT2D eigenvalue weighted by atomic mass is 10.0. The number of benzene rings is 1. The number of carboxylic acids is 2. The lowest BCUT2D eigenvalue weighted by Gasteiger charge is -2.35. The number of alkyl halides is 6. The van der Waals surface area contributed by atoms with Crippen molar-refractivity contribution in [1.29, 1.82) is 0 Å². The molecule has 4 aromatic rings. The Hall–Kier alpha value is -4.58. The van der Waals surface area contributed by atoms with Crippen LogP contribution in [-0.4, -0.2) is 98.6 Å². The predicted molar refractivity (Wildman–Crippen MR) is 148 cm³/mol. The van der Waals surface area contributed by atoms with Gasteiger partial charge in [0.05, 0.1) is 5.39 Å². The molecule has 1 aliphatic rings. The van der Waals surface area contributed by atoms with E-state index in [9.17, 15) is 31.1 Å². The van der Waals surface area contributed by atoms with Crippen molar-refractivity contribution < 1.29 is 55.5 Å². The maximum Gasteiger partial charge on any atom is 0.490 e. The number of aromatic nitrogens is 3. The van der Waals surface area contributed by atoms with Crippen LogP contribution in [0.25, 0.3) is 32.9 Å². The number of halogens is 6. The van der Waals surface area contributed by atoms with E-state index in [1.807, 2.05) is 40.6 Å². The molecule has 5 rings (SSSR count). The Bertz CT molecular complexity index is 1590. The number of hydrogen-bond acceptors (Lipinski definition) is 9. The highest BCUT2D eigenvalue weighted by molar-refractivity contribution is 7.13. The molecule has 4 heterocycles. The molecule has 2 N–H and O–H groups in total. The van der Waals surface area contributed by atoms with Crippen LogP contribution in [0.3, 0.4) is 0 Å². The van der Waals surface area contributed by atoms with Gasteiger partial charge in [0.15, 0.2) is 5.58 Å². The van der Waals surface area contributed by atoms with Crippen molar-refractivity contribution in [3.05, 3.63) is 53.7 Å². The molecule has 45 heavy (non-hydrogen) atoms. The van der Waals surface area contributed by atoms with E-state index in [2.05, 4.69) is 29.1 Å². The minimum absolute atomic E-state index is 0.0561. The average molecular weight is 662 g/mol. The van der Waals surface area contributed by atoms with Gasteiger partial charge >= 0.3 is 24.3 Å². The lowest BCUT2D eigenvalue weighted by molar-refractivity contribution is -0.193. The molecule has 3 aromatic heterocycles. The lowest BCUT2D eigenvalue weighted by Crippen LogP contribution is -2.44. The number of hydrogen-bond donors (Lipinski definition) is 2. The number of pyridine rings is 1. The summed E-state index contributed by atoms with van der Waals surface area (Å²) in [5, 5.41) is 22.1. The van der Waals surface area contributed by atoms with E-state index in [4.69, 9.17) is 29.3 Å². The predicted octanol–water partition coefficient (Wildman–Crippen LogP) is 5.45. The maximum atomic E-state index is 13.1. The third kappa shape index (κ3) is 9.45. The van der Waals surface area contributed by atoms with Crippen LogP contribution < -0.4 is 0 Å². The van der Waals surface area contributed by atoms with Crippen molar-refractivity contribution >= 4 is 40.2 Å². The van der Waals surface area contributed by atoms with Gasteiger partial charge in [-0.15, -0.1) is 11.3 Å². The highest BCUT2D eigenvalue weighted by Crippen LogP contribution is 2.33. The van der Waals surface area contributed by atoms with E-state index >= 15 is 0 Å². The second-order valence-corrected chi connectivity index (χ2v) is 10.5. The van der Waals surface area contributed by atoms with E-state index in [0.29, 0.717) is 22.9 Å². The highest BCUT2D eigenvalue weighted by Gasteiger charge is 2.39. The molecule has 0 spiro atoms. The molecule has 0 saturated carbocycles. The fraction of sp³-hybridized carbons (Fsp3) is 0.333. The van der Waals surface area contributed by atoms with Gasteiger partial charge < -0.3 is 24.5 Å². The number of carbonyl (C=O) groups is 3. The van der Waals surface area contributed by atoms with Crippen LogP contribution in [0.5, 0.6) is 0 Å². The van der Waals surface area contributed by atoms with Gasteiger partial charge in [-0.3, -0.25) is 9.78 Å². The van der Waals surface area contributed by atoms with Gasteiger partial charge in [0, 0.05) is 48.0 Å². The van der Waals surface area contributed by atoms with Gasteiger partial charge in [-0.2, -0.15) is 26.3 Å². The van der Waals surface area contributed by atoms with Gasteiger partial charge in [0.1, 0.15) is 16.4 Å². The van der Waals surface area contributed by atoms with E-state index in [1.165, 1.54) is 11.3 Å². The van der Waals surface area contributed by atoms with Gasteiger partial charge in [-0.05, 0) is 57.3 Å². The summed E-state index contributed by atoms with van der Waals surface area (Å²) in [7, 11) is 4.20. The van der Waals surface area contributed by atoms with Gasteiger partial charge in [-0.1, -0.05) is 5.16 Å². The fourth-order valence-corrected chi connectivity index (χ4v) is 4.82. The van der Waals surface area contributed by atoms with Crippen LogP contribution in [0.2, 0.25) is 0 Å². The summed E-state index contributed by atoms with van der Waals surface area (Å²) in [5.41, 5.74) is 3.65. The van der Waals surface area contributed by atoms with E-state index in [0.717, 1.165) is 47.6 Å². The Morgan fingerprint density at radius 1 is 1.00 bits per heavy atom. The third-order valence-corrected chi connectivity index (χ3v) is 7.23. The summed E-state index contributed by atoms with van der Waals surface area (Å²) in [6.45, 7) is 1.55. The van der Waals surface area contributed by atoms with E-state index in [1.54, 1.807) is 12.4 Å². The number of nitrogens with zero attached hydrogens (tertiary/aromatic N) is 5. The van der Waals surface area contributed by atoms with Gasteiger partial charge in [-0.25, -0.2) is 14.6 Å². The molecule has 0 unspecified atom stereocenters. The zero-order chi connectivity index (χ0) is 33.5. The molecule has 0 radical (unpaired) electrons. The van der Waals surface area contributed by atoms with Crippen molar-refractivity contribution in [2.24, 2.45) is 0 Å². The minimum Gasteiger partial charge on any atom is -0.475 e. The van der Waals surface area contributed by atoms with Crippen molar-refractivity contribution in [2.45, 2.75) is 31.2 Å². The Morgan fingerprint density at radius 2 is 1.60 bits per heavy atom. The summed E-state index contributed by atoms with van der Waals surface area (Å²) in [5.74, 6) is -5.46. The number of thiazole rings is 1. The number of carboxylic acid groups (broad SMARTS) is 2. The molecule has 11 nitrogen and oxygen atoms in total. The standard InChI is InChI=1S/C23H23N5O2S.2C2HF3O2/c1-27(2)17-7-10-28(11-8-17)23(29)15-5-6-20-18(12-15)21(26-30-20)19-14-31-22(25-19)16-4-3-9-24-13-16;2*3-2(4,5)1(6)7/h3-6,9,12-14,17H,7-8,10-11H2,1-2H3;2*(H,6,7). The van der Waals surface area contributed by atoms with Crippen LogP contribution in [0.1, 0.15) is 23.2 Å². The summed E-state index contributed by atoms with van der Waals surface area (Å²) >= 11 is 1.53. The minimum atomic E-state index is -5.08. The molecule has 1 aromatic carbocycles. The van der Waals surface area contributed by atoms with Crippen molar-refractivity contribution in [3.8, 4) is 22.0 Å². The topological polar surface area (TPSA) is 150 Å². The van der Waals surface area contributed by atoms with Crippen LogP contribution in [0.4, 0.5) is 26.3 Å². The normalized spacial score (nSPS) is 13.9. The second kappa shape index (κ2) is 14.5. The largest absolute Gasteiger partial charge is 0.490 e. The van der Waals surface area contributed by atoms with Crippen LogP contribution in [-0.2, 0) is 9.59 Å². The molecule has 242 valence electrons. The molecule has 1 amide bonds. The first-order chi connectivity index (χ1) is 21.0. The zero-order valence-corrected chi connectivity index (χ0v) is 24.3. The number of amides is 1. The zero-order valence-electron chi connectivity index (χ0n) is 23.5. The Labute approximate surface area is 254 Å². The van der Waals surface area contributed by atoms with Crippen molar-refractivity contribution in [3.63, 3.8) is 0 Å². The first-order valence-electron chi connectivity index (χ1n) is 12.8. The molecule has 1 fully saturated rings. The summed E-state index contributed by atoms with van der Waals surface area (Å²) in [4.78, 5) is 44.0. The molecule has 18 heteroatoms. The molecule has 0 aliphatic carbocycles. The summed E-state index contributed by atoms with van der Waals surface area (Å²) in [6.07, 6.45) is -4.64. The molecule has 0 atom stereocenters. The Morgan fingerprint density at radius 3 is 2.11 bits per heavy atom. The summed E-state index contributed by atoms with van der Waals surface area (Å²) in [6, 6.07) is 9.92. The van der Waals surface area contributed by atoms with E-state index < -0.39 is 24.3 Å². The van der Waals surface area contributed by atoms with Crippen LogP contribution in [0, 0.1) is 0 Å². The molecular formula is C27H25F6N5O6S. The molecule has 0 bridgehead atoms. The number of carbonyl (C=O) groups excluding carboxylic acids is 1. The third-order valence-electron chi connectivity index (χ3n) is 6.34. The van der Waals surface area contributed by atoms with E-state index in [-0.39, 0.29) is 5.91 Å². The number of rotatable bonds is 4. The Balaban J connectivity index is 0.000000331. The SMILES string of the molecule is CN(C)C1CCN(C(=O)c2ccc3onc(-c4csc(-c5cccnc5)n4)c3c2)CC1.O=C(O)C(F)(F)F.O=C(O)C(F)(F)F. The van der Waals surface area contributed by atoms with Crippen LogP contribution >= 0.6 is 11.3 Å². The van der Waals surface area contributed by atoms with Crippen LogP contribution in [0.15, 0.2) is 52.6 Å². The Kier molecular flexibility index (Phi) is 11.2. The number of aliphatic carboxylic acids is 2. The van der Waals surface area contributed by atoms with Crippen molar-refractivity contribution in [2.75, 3.05) is 27.2 Å². The van der Waals surface area contributed by atoms with Crippen molar-refractivity contribution in [1.82, 2.24) is 24.9 Å². The number of fused-ring (bicyclic) bond motifs is 1. The molecule has 1 aliphatic heterocycles. The number of piperidine rings is 1. The molecule has 1 saturated heterocycles. The first kappa shape index (κ1) is 34.9. The van der Waals surface area contributed by atoms with Gasteiger partial charge in [0.2, 0.25) is 0 Å². The number of likely N-dealkylation sites (tertiary alicyclic amines) is 1. The van der Waals surface area contributed by atoms with Gasteiger partial charge in [0.25, 0.3) is 5.91 Å². The fourth-order valence-electron chi connectivity index (χ4n) is 4.03. The molecular weight excluding hydrogens is 636 g/mol. The first-order valence-corrected chi connectivity index (χ1v) is 13.7. The smallest absolute Gasteiger partial charge is 0.475 e. The second-order valence-electron chi connectivity index (χ2n) is 9.61. The highest BCUT2D eigenvalue weighted by atomic mass is 32.1. The quantitative estimate of drug-likeness (QED) is 0.271. The average Bonchev–Trinajstić information content (AvgIpc) is 3.64. The monoisotopic (exact) mass is 661 g/mol. The maximum absolute atomic E-state index is 13.1. The summed E-state index contributed by atoms with van der Waals surface area (Å²) < 4.78 is 69.0.